The normalized spacial score (nSPS) is 39.2. The van der Waals surface area contributed by atoms with Gasteiger partial charge < -0.3 is 0 Å². The average molecular weight is 423 g/mol. The van der Waals surface area contributed by atoms with Crippen molar-refractivity contribution in [2.75, 3.05) is 0 Å². The molecule has 0 N–H and O–H groups in total. The Hall–Kier alpha value is -0.0700. The van der Waals surface area contributed by atoms with Crippen LogP contribution in [-0.4, -0.2) is 6.17 Å². The van der Waals surface area contributed by atoms with Gasteiger partial charge in [0.15, 0.2) is 0 Å². The smallest absolute Gasteiger partial charge is 0.106 e. The Morgan fingerprint density at radius 3 is 1.33 bits per heavy atom. The molecule has 0 bridgehead atoms. The van der Waals surface area contributed by atoms with E-state index in [0.717, 1.165) is 29.6 Å². The predicted octanol–water partition coefficient (Wildman–Crippen LogP) is 9.72. The molecule has 0 aromatic heterocycles. The van der Waals surface area contributed by atoms with Crippen molar-refractivity contribution in [3.05, 3.63) is 0 Å². The molecular formula is C29H55F. The maximum absolute atomic E-state index is 15.6. The maximum Gasteiger partial charge on any atom is 0.106 e. The van der Waals surface area contributed by atoms with Crippen molar-refractivity contribution in [1.29, 1.82) is 0 Å². The summed E-state index contributed by atoms with van der Waals surface area (Å²) in [6, 6.07) is 0. The largest absolute Gasteiger partial charge is 0.247 e. The van der Waals surface area contributed by atoms with Gasteiger partial charge in [0.1, 0.15) is 6.17 Å². The van der Waals surface area contributed by atoms with Crippen LogP contribution in [0.4, 0.5) is 4.39 Å². The summed E-state index contributed by atoms with van der Waals surface area (Å²) in [5.74, 6) is 6.22. The monoisotopic (exact) mass is 422 g/mol. The van der Waals surface area contributed by atoms with E-state index >= 15 is 4.39 Å². The van der Waals surface area contributed by atoms with Crippen LogP contribution in [0.1, 0.15) is 126 Å². The minimum absolute atomic E-state index is 0.228. The molecule has 3 fully saturated rings. The van der Waals surface area contributed by atoms with E-state index in [1.54, 1.807) is 0 Å². The second kappa shape index (κ2) is 12.8. The third-order valence-corrected chi connectivity index (χ3v) is 9.93. The zero-order valence-electron chi connectivity index (χ0n) is 21.6. The molecule has 0 aromatic carbocycles. The van der Waals surface area contributed by atoms with Crippen molar-refractivity contribution in [2.45, 2.75) is 132 Å². The topological polar surface area (TPSA) is 0 Å². The Balaban J connectivity index is 0.00000155. The number of rotatable bonds is 6. The third kappa shape index (κ3) is 6.96. The van der Waals surface area contributed by atoms with E-state index in [2.05, 4.69) is 34.6 Å². The van der Waals surface area contributed by atoms with Crippen LogP contribution in [0, 0.1) is 53.3 Å². The highest BCUT2D eigenvalue weighted by atomic mass is 19.1. The van der Waals surface area contributed by atoms with Gasteiger partial charge in [-0.15, -0.1) is 0 Å². The minimum atomic E-state index is -0.605. The molecule has 3 aliphatic rings. The van der Waals surface area contributed by atoms with Gasteiger partial charge in [0.2, 0.25) is 0 Å². The summed E-state index contributed by atoms with van der Waals surface area (Å²) in [7, 11) is 0. The number of halogens is 1. The zero-order chi connectivity index (χ0) is 22.3. The first-order valence-electron chi connectivity index (χ1n) is 14.0. The van der Waals surface area contributed by atoms with Gasteiger partial charge >= 0.3 is 0 Å². The van der Waals surface area contributed by atoms with Crippen LogP contribution in [0.15, 0.2) is 0 Å². The summed E-state index contributed by atoms with van der Waals surface area (Å²) < 4.78 is 15.6. The van der Waals surface area contributed by atoms with E-state index < -0.39 is 6.17 Å². The van der Waals surface area contributed by atoms with E-state index in [9.17, 15) is 0 Å². The molecule has 30 heavy (non-hydrogen) atoms. The van der Waals surface area contributed by atoms with Gasteiger partial charge in [0.25, 0.3) is 0 Å². The lowest BCUT2D eigenvalue weighted by Crippen LogP contribution is -2.36. The van der Waals surface area contributed by atoms with Gasteiger partial charge in [0, 0.05) is 0 Å². The van der Waals surface area contributed by atoms with E-state index in [4.69, 9.17) is 0 Å². The van der Waals surface area contributed by atoms with E-state index in [-0.39, 0.29) is 11.8 Å². The molecule has 3 saturated carbocycles. The molecule has 0 amide bonds. The lowest BCUT2D eigenvalue weighted by Gasteiger charge is -2.41. The van der Waals surface area contributed by atoms with Crippen molar-refractivity contribution in [2.24, 2.45) is 53.3 Å². The molecule has 1 heteroatoms. The van der Waals surface area contributed by atoms with Gasteiger partial charge in [-0.1, -0.05) is 74.1 Å². The van der Waals surface area contributed by atoms with Gasteiger partial charge in [-0.3, -0.25) is 0 Å². The van der Waals surface area contributed by atoms with Crippen molar-refractivity contribution in [3.8, 4) is 0 Å². The van der Waals surface area contributed by atoms with Crippen LogP contribution in [0.25, 0.3) is 0 Å². The minimum Gasteiger partial charge on any atom is -0.247 e. The second-order valence-electron chi connectivity index (χ2n) is 11.7. The fourth-order valence-corrected chi connectivity index (χ4v) is 7.17. The molecule has 4 unspecified atom stereocenters. The Morgan fingerprint density at radius 1 is 0.533 bits per heavy atom. The van der Waals surface area contributed by atoms with Crippen LogP contribution in [-0.2, 0) is 0 Å². The molecule has 3 rings (SSSR count). The Labute approximate surface area is 189 Å². The molecule has 0 aromatic rings. The zero-order valence-corrected chi connectivity index (χ0v) is 21.6. The van der Waals surface area contributed by atoms with E-state index in [1.807, 2.05) is 13.8 Å². The van der Waals surface area contributed by atoms with Crippen molar-refractivity contribution in [3.63, 3.8) is 0 Å². The van der Waals surface area contributed by atoms with Crippen LogP contribution in [0.3, 0.4) is 0 Å². The molecule has 0 spiro atoms. The molecule has 178 valence electrons. The molecule has 0 saturated heterocycles. The molecular weight excluding hydrogens is 367 g/mol. The van der Waals surface area contributed by atoms with Crippen LogP contribution >= 0.6 is 0 Å². The van der Waals surface area contributed by atoms with Crippen molar-refractivity contribution < 1.29 is 4.39 Å². The van der Waals surface area contributed by atoms with Crippen molar-refractivity contribution in [1.82, 2.24) is 0 Å². The van der Waals surface area contributed by atoms with Gasteiger partial charge in [-0.2, -0.15) is 0 Å². The highest BCUT2D eigenvalue weighted by molar-refractivity contribution is 4.88. The predicted molar refractivity (Wildman–Crippen MR) is 131 cm³/mol. The lowest BCUT2D eigenvalue weighted by molar-refractivity contribution is 0.0422. The first-order chi connectivity index (χ1) is 14.4. The molecule has 0 nitrogen and oxygen atoms in total. The molecule has 0 radical (unpaired) electrons. The quantitative estimate of drug-likeness (QED) is 0.399. The fourth-order valence-electron chi connectivity index (χ4n) is 7.17. The van der Waals surface area contributed by atoms with Gasteiger partial charge in [-0.05, 0) is 105 Å². The molecule has 3 aliphatic carbocycles. The maximum atomic E-state index is 15.6. The highest BCUT2D eigenvalue weighted by Crippen LogP contribution is 2.45. The van der Waals surface area contributed by atoms with Gasteiger partial charge in [0.05, 0.1) is 0 Å². The number of hydrogen-bond donors (Lipinski definition) is 0. The number of hydrogen-bond acceptors (Lipinski definition) is 0. The molecule has 4 atom stereocenters. The Kier molecular flexibility index (Phi) is 11.2. The summed E-state index contributed by atoms with van der Waals surface area (Å²) in [4.78, 5) is 0. The second-order valence-corrected chi connectivity index (χ2v) is 11.7. The Bertz CT molecular complexity index is 435. The van der Waals surface area contributed by atoms with Crippen LogP contribution in [0.5, 0.6) is 0 Å². The lowest BCUT2D eigenvalue weighted by atomic mass is 9.65. The van der Waals surface area contributed by atoms with E-state index in [1.165, 1.54) is 77.0 Å². The average Bonchev–Trinajstić information content (AvgIpc) is 2.79. The summed E-state index contributed by atoms with van der Waals surface area (Å²) in [6.45, 7) is 15.6. The van der Waals surface area contributed by atoms with Crippen LogP contribution < -0.4 is 0 Å². The van der Waals surface area contributed by atoms with E-state index in [0.29, 0.717) is 11.8 Å². The van der Waals surface area contributed by atoms with Crippen LogP contribution in [0.2, 0.25) is 0 Å². The summed E-state index contributed by atoms with van der Waals surface area (Å²) >= 11 is 0. The first-order valence-corrected chi connectivity index (χ1v) is 14.0. The third-order valence-electron chi connectivity index (χ3n) is 9.93. The highest BCUT2D eigenvalue weighted by Gasteiger charge is 2.38. The SMILES string of the molecule is CC.CC1CCC(C2CCC(C(C)C(F)C(C)C(C)C3CCC(C)CC3)CC2)CC1. The summed E-state index contributed by atoms with van der Waals surface area (Å²) in [5.41, 5.74) is 0. The summed E-state index contributed by atoms with van der Waals surface area (Å²) in [5, 5.41) is 0. The summed E-state index contributed by atoms with van der Waals surface area (Å²) in [6.07, 6.45) is 15.9. The molecule has 0 aliphatic heterocycles. The number of alkyl halides is 1. The molecule has 0 heterocycles. The van der Waals surface area contributed by atoms with Crippen molar-refractivity contribution >= 4 is 0 Å². The Morgan fingerprint density at radius 2 is 0.867 bits per heavy atom. The van der Waals surface area contributed by atoms with Gasteiger partial charge in [-0.25, -0.2) is 4.39 Å². The standard InChI is InChI=1S/C27H49F.C2H6/c1-18-6-10-23(11-7-18)20(3)21(4)27(28)22(5)24-14-16-26(17-15-24)25-12-8-19(2)9-13-25;1-2/h18-27H,6-17H2,1-5H3;1-2H3. The first kappa shape index (κ1) is 26.2. The fraction of sp³-hybridized carbons (Fsp3) is 1.00.